The fourth-order valence-electron chi connectivity index (χ4n) is 0.569. The van der Waals surface area contributed by atoms with Crippen LogP contribution in [-0.2, 0) is 0 Å². The van der Waals surface area contributed by atoms with Gasteiger partial charge >= 0.3 is 0 Å². The van der Waals surface area contributed by atoms with E-state index in [0.29, 0.717) is 5.57 Å². The highest BCUT2D eigenvalue weighted by Gasteiger charge is 2.08. The summed E-state index contributed by atoms with van der Waals surface area (Å²) in [5.74, 6) is -1.43. The summed E-state index contributed by atoms with van der Waals surface area (Å²) in [6.07, 6.45) is 1.13. The van der Waals surface area contributed by atoms with Gasteiger partial charge in [-0.2, -0.15) is 0 Å². The summed E-state index contributed by atoms with van der Waals surface area (Å²) in [5, 5.41) is 0. The van der Waals surface area contributed by atoms with Gasteiger partial charge in [-0.15, -0.1) is 0 Å². The molecule has 0 saturated carbocycles. The van der Waals surface area contributed by atoms with Gasteiger partial charge in [0.2, 0.25) is 0 Å². The Hall–Kier alpha value is -0.660. The molecule has 0 rings (SSSR count). The van der Waals surface area contributed by atoms with E-state index < -0.39 is 11.7 Å². The summed E-state index contributed by atoms with van der Waals surface area (Å²) in [6.45, 7) is 6.74. The van der Waals surface area contributed by atoms with E-state index in [0.717, 1.165) is 6.08 Å². The highest BCUT2D eigenvalue weighted by molar-refractivity contribution is 5.24. The first-order chi connectivity index (χ1) is 5.00. The van der Waals surface area contributed by atoms with E-state index in [9.17, 15) is 8.78 Å². The second-order valence-corrected chi connectivity index (χ2v) is 2.79. The molecule has 0 saturated heterocycles. The first-order valence-electron chi connectivity index (χ1n) is 3.69. The summed E-state index contributed by atoms with van der Waals surface area (Å²) in [7, 11) is 0. The Balaban J connectivity index is 4.67. The lowest BCUT2D eigenvalue weighted by molar-refractivity contribution is 0.522. The molecule has 0 unspecified atom stereocenters. The standard InChI is InChI=1S/C9H14F2/c1-5-8(10)9(11)7(4)6(2)3/h5-6H,1-4H3/b8-5+,9-7+. The van der Waals surface area contributed by atoms with Crippen LogP contribution in [0.1, 0.15) is 27.7 Å². The van der Waals surface area contributed by atoms with Crippen molar-refractivity contribution < 1.29 is 8.78 Å². The molecule has 0 N–H and O–H groups in total. The van der Waals surface area contributed by atoms with Crippen LogP contribution in [0.5, 0.6) is 0 Å². The molecule has 0 aliphatic carbocycles. The van der Waals surface area contributed by atoms with Gasteiger partial charge in [-0.05, 0) is 31.4 Å². The van der Waals surface area contributed by atoms with Gasteiger partial charge in [-0.25, -0.2) is 8.78 Å². The molecule has 0 aromatic heterocycles. The first kappa shape index (κ1) is 10.3. The van der Waals surface area contributed by atoms with Crippen LogP contribution in [0.4, 0.5) is 8.78 Å². The molecule has 0 aromatic carbocycles. The van der Waals surface area contributed by atoms with Crippen molar-refractivity contribution in [2.75, 3.05) is 0 Å². The van der Waals surface area contributed by atoms with Gasteiger partial charge in [-0.3, -0.25) is 0 Å². The van der Waals surface area contributed by atoms with Crippen molar-refractivity contribution in [1.82, 2.24) is 0 Å². The van der Waals surface area contributed by atoms with E-state index in [1.165, 1.54) is 6.92 Å². The fourth-order valence-corrected chi connectivity index (χ4v) is 0.569. The molecule has 0 atom stereocenters. The van der Waals surface area contributed by atoms with Crippen molar-refractivity contribution in [2.24, 2.45) is 5.92 Å². The van der Waals surface area contributed by atoms with E-state index in [4.69, 9.17) is 0 Å². The van der Waals surface area contributed by atoms with E-state index in [-0.39, 0.29) is 5.92 Å². The maximum atomic E-state index is 12.9. The molecule has 64 valence electrons. The van der Waals surface area contributed by atoms with Crippen LogP contribution in [0.3, 0.4) is 0 Å². The third-order valence-corrected chi connectivity index (χ3v) is 1.68. The lowest BCUT2D eigenvalue weighted by Gasteiger charge is -2.05. The summed E-state index contributed by atoms with van der Waals surface area (Å²) in [5.41, 5.74) is 0.459. The van der Waals surface area contributed by atoms with Gasteiger partial charge in [-0.1, -0.05) is 13.8 Å². The molecule has 0 heterocycles. The Kier molecular flexibility index (Phi) is 4.01. The van der Waals surface area contributed by atoms with E-state index in [1.807, 2.05) is 13.8 Å². The van der Waals surface area contributed by atoms with Crippen molar-refractivity contribution in [3.8, 4) is 0 Å². The zero-order chi connectivity index (χ0) is 9.02. The summed E-state index contributed by atoms with van der Waals surface area (Å²) in [4.78, 5) is 0. The first-order valence-corrected chi connectivity index (χ1v) is 3.69. The third kappa shape index (κ3) is 2.83. The summed E-state index contributed by atoms with van der Waals surface area (Å²) >= 11 is 0. The van der Waals surface area contributed by atoms with Gasteiger partial charge in [0.25, 0.3) is 0 Å². The summed E-state index contributed by atoms with van der Waals surface area (Å²) in [6, 6.07) is 0. The molecular formula is C9H14F2. The number of allylic oxidation sites excluding steroid dienone is 4. The number of rotatable bonds is 2. The molecule has 0 spiro atoms. The second kappa shape index (κ2) is 4.27. The molecule has 11 heavy (non-hydrogen) atoms. The van der Waals surface area contributed by atoms with E-state index in [2.05, 4.69) is 0 Å². The minimum Gasteiger partial charge on any atom is -0.204 e. The molecule has 0 fully saturated rings. The molecule has 0 bridgehead atoms. The predicted octanol–water partition coefficient (Wildman–Crippen LogP) is 3.76. The predicted molar refractivity (Wildman–Crippen MR) is 43.5 cm³/mol. The average Bonchev–Trinajstić information content (AvgIpc) is 2.00. The number of hydrogen-bond acceptors (Lipinski definition) is 0. The minimum absolute atomic E-state index is 0.0562. The van der Waals surface area contributed by atoms with Crippen LogP contribution >= 0.6 is 0 Å². The van der Waals surface area contributed by atoms with Gasteiger partial charge in [0.15, 0.2) is 11.7 Å². The van der Waals surface area contributed by atoms with Crippen LogP contribution in [-0.4, -0.2) is 0 Å². The van der Waals surface area contributed by atoms with Crippen molar-refractivity contribution in [1.29, 1.82) is 0 Å². The maximum Gasteiger partial charge on any atom is 0.157 e. The quantitative estimate of drug-likeness (QED) is 0.539. The highest BCUT2D eigenvalue weighted by Crippen LogP contribution is 2.22. The van der Waals surface area contributed by atoms with Crippen LogP contribution in [0.2, 0.25) is 0 Å². The van der Waals surface area contributed by atoms with Crippen LogP contribution in [0, 0.1) is 5.92 Å². The van der Waals surface area contributed by atoms with Gasteiger partial charge in [0, 0.05) is 0 Å². The fraction of sp³-hybridized carbons (Fsp3) is 0.556. The Morgan fingerprint density at radius 3 is 2.00 bits per heavy atom. The Labute approximate surface area is 66.6 Å². The molecule has 0 amide bonds. The Morgan fingerprint density at radius 2 is 1.73 bits per heavy atom. The summed E-state index contributed by atoms with van der Waals surface area (Å²) < 4.78 is 25.4. The van der Waals surface area contributed by atoms with Gasteiger partial charge < -0.3 is 0 Å². The van der Waals surface area contributed by atoms with Crippen molar-refractivity contribution >= 4 is 0 Å². The smallest absolute Gasteiger partial charge is 0.157 e. The Bertz CT molecular complexity index is 188. The number of halogens is 2. The molecule has 0 nitrogen and oxygen atoms in total. The van der Waals surface area contributed by atoms with Gasteiger partial charge in [0.05, 0.1) is 0 Å². The lowest BCUT2D eigenvalue weighted by atomic mass is 10.0. The topological polar surface area (TPSA) is 0 Å². The lowest BCUT2D eigenvalue weighted by Crippen LogP contribution is -1.92. The normalized spacial score (nSPS) is 15.4. The SMILES string of the molecule is C/C=C(F)\C(F)=C(\C)C(C)C. The molecule has 0 aromatic rings. The van der Waals surface area contributed by atoms with Crippen molar-refractivity contribution in [3.63, 3.8) is 0 Å². The third-order valence-electron chi connectivity index (χ3n) is 1.68. The maximum absolute atomic E-state index is 12.9. The molecule has 0 radical (unpaired) electrons. The molecule has 0 aliphatic heterocycles. The van der Waals surface area contributed by atoms with Crippen molar-refractivity contribution in [3.05, 3.63) is 23.3 Å². The van der Waals surface area contributed by atoms with Crippen molar-refractivity contribution in [2.45, 2.75) is 27.7 Å². The highest BCUT2D eigenvalue weighted by atomic mass is 19.2. The molecule has 0 aliphatic rings. The van der Waals surface area contributed by atoms with Gasteiger partial charge in [0.1, 0.15) is 0 Å². The van der Waals surface area contributed by atoms with Crippen LogP contribution in [0.15, 0.2) is 23.3 Å². The minimum atomic E-state index is -0.767. The zero-order valence-corrected chi connectivity index (χ0v) is 7.41. The molecular weight excluding hydrogens is 146 g/mol. The largest absolute Gasteiger partial charge is 0.204 e. The Morgan fingerprint density at radius 1 is 1.27 bits per heavy atom. The van der Waals surface area contributed by atoms with Crippen LogP contribution < -0.4 is 0 Å². The second-order valence-electron chi connectivity index (χ2n) is 2.79. The molecule has 2 heteroatoms. The number of hydrogen-bond donors (Lipinski definition) is 0. The van der Waals surface area contributed by atoms with E-state index >= 15 is 0 Å². The van der Waals surface area contributed by atoms with Crippen LogP contribution in [0.25, 0.3) is 0 Å². The monoisotopic (exact) mass is 160 g/mol. The average molecular weight is 160 g/mol. The van der Waals surface area contributed by atoms with E-state index in [1.54, 1.807) is 6.92 Å². The zero-order valence-electron chi connectivity index (χ0n) is 7.41.